The van der Waals surface area contributed by atoms with Crippen molar-refractivity contribution in [2.75, 3.05) is 0 Å². The second-order valence-electron chi connectivity index (χ2n) is 5.62. The molecule has 0 spiro atoms. The second-order valence-corrected chi connectivity index (χ2v) is 5.62. The monoisotopic (exact) mass is 249 g/mol. The van der Waals surface area contributed by atoms with Gasteiger partial charge in [-0.1, -0.05) is 13.8 Å². The van der Waals surface area contributed by atoms with Crippen LogP contribution in [0.25, 0.3) is 0 Å². The van der Waals surface area contributed by atoms with Crippen molar-refractivity contribution in [2.24, 2.45) is 13.0 Å². The lowest BCUT2D eigenvalue weighted by atomic mass is 9.93. The maximum absolute atomic E-state index is 11.9. The number of nitrogens with one attached hydrogen (secondary N) is 1. The summed E-state index contributed by atoms with van der Waals surface area (Å²) in [5.74, 6) is 0.751. The zero-order chi connectivity index (χ0) is 13.1. The molecule has 100 valence electrons. The van der Waals surface area contributed by atoms with Crippen LogP contribution in [0.5, 0.6) is 0 Å². The van der Waals surface area contributed by atoms with Crippen LogP contribution in [0.15, 0.2) is 6.20 Å². The van der Waals surface area contributed by atoms with Crippen molar-refractivity contribution in [1.82, 2.24) is 15.1 Å². The molecular formula is C14H23N3O. The maximum atomic E-state index is 11.9. The average Bonchev–Trinajstić information content (AvgIpc) is 2.70. The third-order valence-electron chi connectivity index (χ3n) is 3.66. The van der Waals surface area contributed by atoms with Crippen molar-refractivity contribution in [2.45, 2.75) is 52.0 Å². The van der Waals surface area contributed by atoms with E-state index in [0.29, 0.717) is 12.3 Å². The van der Waals surface area contributed by atoms with E-state index in [2.05, 4.69) is 24.3 Å². The first-order valence-corrected chi connectivity index (χ1v) is 6.88. The predicted molar refractivity (Wildman–Crippen MR) is 71.1 cm³/mol. The molecule has 1 heterocycles. The summed E-state index contributed by atoms with van der Waals surface area (Å²) in [6.45, 7) is 4.29. The van der Waals surface area contributed by atoms with Gasteiger partial charge in [0.2, 0.25) is 5.91 Å². The fraction of sp³-hybridized carbons (Fsp3) is 0.714. The summed E-state index contributed by atoms with van der Waals surface area (Å²) in [4.78, 5) is 11.9. The van der Waals surface area contributed by atoms with Gasteiger partial charge in [0.15, 0.2) is 0 Å². The molecule has 0 fully saturated rings. The summed E-state index contributed by atoms with van der Waals surface area (Å²) in [5, 5.41) is 7.45. The third-order valence-corrected chi connectivity index (χ3v) is 3.66. The fourth-order valence-electron chi connectivity index (χ4n) is 2.54. The van der Waals surface area contributed by atoms with E-state index in [1.807, 2.05) is 17.9 Å². The molecule has 1 aromatic heterocycles. The number of carbonyl (C=O) groups is 1. The molecule has 0 bridgehead atoms. The standard InChI is InChI=1S/C14H23N3O/c1-10(2)7-8-14(18)16-12-5-4-6-13-11(12)9-15-17(13)3/h9-10,12H,4-8H2,1-3H3,(H,16,18)/t12-/m0/s1. The Bertz CT molecular complexity index is 423. The highest BCUT2D eigenvalue weighted by Crippen LogP contribution is 2.29. The lowest BCUT2D eigenvalue weighted by Gasteiger charge is -2.24. The van der Waals surface area contributed by atoms with E-state index in [1.54, 1.807) is 0 Å². The highest BCUT2D eigenvalue weighted by Gasteiger charge is 2.24. The second kappa shape index (κ2) is 5.55. The van der Waals surface area contributed by atoms with Gasteiger partial charge >= 0.3 is 0 Å². The summed E-state index contributed by atoms with van der Waals surface area (Å²) < 4.78 is 1.93. The van der Waals surface area contributed by atoms with E-state index in [4.69, 9.17) is 0 Å². The minimum absolute atomic E-state index is 0.169. The Morgan fingerprint density at radius 1 is 1.61 bits per heavy atom. The molecule has 4 heteroatoms. The largest absolute Gasteiger partial charge is 0.349 e. The van der Waals surface area contributed by atoms with E-state index < -0.39 is 0 Å². The zero-order valence-electron chi connectivity index (χ0n) is 11.6. The Balaban J connectivity index is 1.96. The Hall–Kier alpha value is -1.32. The number of aromatic nitrogens is 2. The van der Waals surface area contributed by atoms with Gasteiger partial charge in [-0.25, -0.2) is 0 Å². The van der Waals surface area contributed by atoms with E-state index in [9.17, 15) is 4.79 Å². The molecule has 0 saturated carbocycles. The lowest BCUT2D eigenvalue weighted by Crippen LogP contribution is -2.30. The first-order chi connectivity index (χ1) is 8.58. The minimum atomic E-state index is 0.169. The molecular weight excluding hydrogens is 226 g/mol. The number of fused-ring (bicyclic) bond motifs is 1. The molecule has 0 radical (unpaired) electrons. The van der Waals surface area contributed by atoms with E-state index in [-0.39, 0.29) is 11.9 Å². The topological polar surface area (TPSA) is 46.9 Å². The number of carbonyl (C=O) groups excluding carboxylic acids is 1. The van der Waals surface area contributed by atoms with Crippen LogP contribution in [0.2, 0.25) is 0 Å². The predicted octanol–water partition coefficient (Wildman–Crippen LogP) is 2.35. The molecule has 0 aliphatic heterocycles. The van der Waals surface area contributed by atoms with Gasteiger partial charge in [-0.15, -0.1) is 0 Å². The summed E-state index contributed by atoms with van der Waals surface area (Å²) in [5.41, 5.74) is 2.48. The molecule has 1 N–H and O–H groups in total. The zero-order valence-corrected chi connectivity index (χ0v) is 11.6. The number of aryl methyl sites for hydroxylation is 1. The van der Waals surface area contributed by atoms with Crippen LogP contribution in [-0.2, 0) is 18.3 Å². The van der Waals surface area contributed by atoms with E-state index in [1.165, 1.54) is 11.3 Å². The smallest absolute Gasteiger partial charge is 0.220 e. The van der Waals surface area contributed by atoms with Crippen LogP contribution in [-0.4, -0.2) is 15.7 Å². The van der Waals surface area contributed by atoms with Crippen LogP contribution in [0.4, 0.5) is 0 Å². The van der Waals surface area contributed by atoms with Gasteiger partial charge in [0.25, 0.3) is 0 Å². The fourth-order valence-corrected chi connectivity index (χ4v) is 2.54. The first-order valence-electron chi connectivity index (χ1n) is 6.88. The molecule has 1 amide bonds. The average molecular weight is 249 g/mol. The molecule has 0 unspecified atom stereocenters. The Morgan fingerprint density at radius 2 is 2.39 bits per heavy atom. The van der Waals surface area contributed by atoms with E-state index >= 15 is 0 Å². The molecule has 1 aliphatic rings. The highest BCUT2D eigenvalue weighted by molar-refractivity contribution is 5.76. The van der Waals surface area contributed by atoms with Crippen LogP contribution < -0.4 is 5.32 Å². The summed E-state index contributed by atoms with van der Waals surface area (Å²) >= 11 is 0. The lowest BCUT2D eigenvalue weighted by molar-refractivity contribution is -0.122. The van der Waals surface area contributed by atoms with Gasteiger partial charge in [-0.3, -0.25) is 9.48 Å². The molecule has 0 saturated heterocycles. The third kappa shape index (κ3) is 2.92. The Kier molecular flexibility index (Phi) is 4.04. The van der Waals surface area contributed by atoms with Crippen LogP contribution in [0.3, 0.4) is 0 Å². The van der Waals surface area contributed by atoms with Crippen molar-refractivity contribution >= 4 is 5.91 Å². The minimum Gasteiger partial charge on any atom is -0.349 e. The van der Waals surface area contributed by atoms with Crippen molar-refractivity contribution in [3.05, 3.63) is 17.5 Å². The number of rotatable bonds is 4. The number of nitrogens with zero attached hydrogens (tertiary/aromatic N) is 2. The summed E-state index contributed by atoms with van der Waals surface area (Å²) in [6, 6.07) is 0.169. The van der Waals surface area contributed by atoms with Gasteiger partial charge in [0.05, 0.1) is 12.2 Å². The molecule has 1 aromatic rings. The normalized spacial score (nSPS) is 18.8. The number of hydrogen-bond acceptors (Lipinski definition) is 2. The number of amides is 1. The van der Waals surface area contributed by atoms with Crippen molar-refractivity contribution in [3.63, 3.8) is 0 Å². The van der Waals surface area contributed by atoms with Crippen molar-refractivity contribution < 1.29 is 4.79 Å². The Labute approximate surface area is 109 Å². The Morgan fingerprint density at radius 3 is 3.11 bits per heavy atom. The van der Waals surface area contributed by atoms with E-state index in [0.717, 1.165) is 25.7 Å². The molecule has 4 nitrogen and oxygen atoms in total. The molecule has 2 rings (SSSR count). The molecule has 18 heavy (non-hydrogen) atoms. The molecule has 1 atom stereocenters. The maximum Gasteiger partial charge on any atom is 0.220 e. The first kappa shape index (κ1) is 13.1. The van der Waals surface area contributed by atoms with Gasteiger partial charge in [0, 0.05) is 24.7 Å². The summed E-state index contributed by atoms with van der Waals surface area (Å²) in [7, 11) is 1.97. The molecule has 1 aliphatic carbocycles. The highest BCUT2D eigenvalue weighted by atomic mass is 16.1. The molecule has 0 aromatic carbocycles. The van der Waals surface area contributed by atoms with Crippen LogP contribution in [0.1, 0.15) is 56.8 Å². The number of hydrogen-bond donors (Lipinski definition) is 1. The van der Waals surface area contributed by atoms with Crippen LogP contribution in [0, 0.1) is 5.92 Å². The van der Waals surface area contributed by atoms with Gasteiger partial charge < -0.3 is 5.32 Å². The van der Waals surface area contributed by atoms with Gasteiger partial charge in [-0.05, 0) is 31.6 Å². The van der Waals surface area contributed by atoms with Crippen molar-refractivity contribution in [1.29, 1.82) is 0 Å². The SMILES string of the molecule is CC(C)CCC(=O)N[C@H]1CCCc2c1cnn2C. The summed E-state index contributed by atoms with van der Waals surface area (Å²) in [6.07, 6.45) is 6.72. The van der Waals surface area contributed by atoms with Gasteiger partial charge in [-0.2, -0.15) is 5.10 Å². The van der Waals surface area contributed by atoms with Crippen molar-refractivity contribution in [3.8, 4) is 0 Å². The quantitative estimate of drug-likeness (QED) is 0.890. The van der Waals surface area contributed by atoms with Gasteiger partial charge in [0.1, 0.15) is 0 Å². The van der Waals surface area contributed by atoms with Crippen LogP contribution >= 0.6 is 0 Å².